The Morgan fingerprint density at radius 1 is 1.35 bits per heavy atom. The third-order valence-electron chi connectivity index (χ3n) is 3.26. The van der Waals surface area contributed by atoms with E-state index in [0.29, 0.717) is 5.02 Å². The molecule has 0 aliphatic rings. The molecule has 0 bridgehead atoms. The molecule has 1 unspecified atom stereocenters. The Balaban J connectivity index is 2.21. The minimum Gasteiger partial charge on any atom is -0.308 e. The van der Waals surface area contributed by atoms with Crippen LogP contribution in [0.5, 0.6) is 0 Å². The summed E-state index contributed by atoms with van der Waals surface area (Å²) in [4.78, 5) is 0. The van der Waals surface area contributed by atoms with Crippen LogP contribution in [0.4, 0.5) is 4.39 Å². The van der Waals surface area contributed by atoms with Gasteiger partial charge in [-0.2, -0.15) is 5.10 Å². The maximum Gasteiger partial charge on any atom is 0.123 e. The number of nitrogens with zero attached hydrogens (tertiary/aromatic N) is 2. The van der Waals surface area contributed by atoms with Crippen LogP contribution in [0.15, 0.2) is 30.5 Å². The Morgan fingerprint density at radius 3 is 2.60 bits per heavy atom. The molecule has 108 valence electrons. The second kappa shape index (κ2) is 6.86. The second-order valence-electron chi connectivity index (χ2n) is 4.84. The molecule has 1 atom stereocenters. The predicted molar refractivity (Wildman–Crippen MR) is 79.4 cm³/mol. The lowest BCUT2D eigenvalue weighted by Crippen LogP contribution is -2.26. The lowest BCUT2D eigenvalue weighted by atomic mass is 10.0. The molecule has 20 heavy (non-hydrogen) atoms. The van der Waals surface area contributed by atoms with Crippen LogP contribution in [0.3, 0.4) is 0 Å². The summed E-state index contributed by atoms with van der Waals surface area (Å²) < 4.78 is 14.8. The average molecular weight is 296 g/mol. The monoisotopic (exact) mass is 295 g/mol. The van der Waals surface area contributed by atoms with E-state index in [1.54, 1.807) is 23.0 Å². The van der Waals surface area contributed by atoms with Gasteiger partial charge in [0, 0.05) is 7.05 Å². The topological polar surface area (TPSA) is 29.9 Å². The van der Waals surface area contributed by atoms with Gasteiger partial charge in [0.25, 0.3) is 0 Å². The van der Waals surface area contributed by atoms with Gasteiger partial charge in [-0.05, 0) is 37.1 Å². The lowest BCUT2D eigenvalue weighted by molar-refractivity contribution is 0.493. The summed E-state index contributed by atoms with van der Waals surface area (Å²) >= 11 is 6.23. The van der Waals surface area contributed by atoms with Crippen LogP contribution in [-0.2, 0) is 13.5 Å². The van der Waals surface area contributed by atoms with E-state index in [0.717, 1.165) is 30.6 Å². The van der Waals surface area contributed by atoms with Crippen molar-refractivity contribution >= 4 is 11.6 Å². The van der Waals surface area contributed by atoms with Gasteiger partial charge in [-0.15, -0.1) is 0 Å². The molecule has 2 aromatic rings. The van der Waals surface area contributed by atoms with Crippen molar-refractivity contribution in [2.24, 2.45) is 7.05 Å². The van der Waals surface area contributed by atoms with Gasteiger partial charge in [-0.1, -0.05) is 30.7 Å². The van der Waals surface area contributed by atoms with Crippen molar-refractivity contribution in [3.05, 3.63) is 52.6 Å². The van der Waals surface area contributed by atoms with Gasteiger partial charge < -0.3 is 5.32 Å². The molecule has 3 nitrogen and oxygen atoms in total. The van der Waals surface area contributed by atoms with Gasteiger partial charge in [0.15, 0.2) is 0 Å². The van der Waals surface area contributed by atoms with Crippen LogP contribution in [0.2, 0.25) is 5.02 Å². The second-order valence-corrected chi connectivity index (χ2v) is 5.25. The highest BCUT2D eigenvalue weighted by atomic mass is 35.5. The Hall–Kier alpha value is -1.39. The van der Waals surface area contributed by atoms with Crippen molar-refractivity contribution in [1.29, 1.82) is 0 Å². The predicted octanol–water partition coefficient (Wildman–Crippen LogP) is 3.50. The summed E-state index contributed by atoms with van der Waals surface area (Å²) in [7, 11) is 1.88. The molecule has 5 heteroatoms. The van der Waals surface area contributed by atoms with Gasteiger partial charge in [0.1, 0.15) is 5.82 Å². The molecule has 0 saturated carbocycles. The first-order valence-corrected chi connectivity index (χ1v) is 7.14. The SMILES string of the molecule is CCCNC(Cc1ccc(F)cc1)c1c(Cl)cnn1C. The number of hydrogen-bond acceptors (Lipinski definition) is 2. The number of aryl methyl sites for hydroxylation is 1. The van der Waals surface area contributed by atoms with E-state index in [2.05, 4.69) is 17.3 Å². The third kappa shape index (κ3) is 3.58. The molecule has 1 N–H and O–H groups in total. The summed E-state index contributed by atoms with van der Waals surface area (Å²) in [6.45, 7) is 3.01. The zero-order valence-corrected chi connectivity index (χ0v) is 12.5. The summed E-state index contributed by atoms with van der Waals surface area (Å²) in [5.74, 6) is -0.217. The van der Waals surface area contributed by atoms with Crippen molar-refractivity contribution < 1.29 is 4.39 Å². The van der Waals surface area contributed by atoms with E-state index in [-0.39, 0.29) is 11.9 Å². The van der Waals surface area contributed by atoms with Gasteiger partial charge in [0.2, 0.25) is 0 Å². The van der Waals surface area contributed by atoms with Crippen LogP contribution < -0.4 is 5.32 Å². The van der Waals surface area contributed by atoms with Crippen LogP contribution in [-0.4, -0.2) is 16.3 Å². The van der Waals surface area contributed by atoms with Gasteiger partial charge in [-0.25, -0.2) is 4.39 Å². The van der Waals surface area contributed by atoms with Gasteiger partial charge >= 0.3 is 0 Å². The molecule has 1 aromatic carbocycles. The molecular weight excluding hydrogens is 277 g/mol. The molecule has 0 saturated heterocycles. The Kier molecular flexibility index (Phi) is 5.15. The molecule has 0 fully saturated rings. The van der Waals surface area contributed by atoms with Crippen molar-refractivity contribution in [3.8, 4) is 0 Å². The molecule has 1 heterocycles. The summed E-state index contributed by atoms with van der Waals surface area (Å²) in [6.07, 6.45) is 3.44. The number of rotatable bonds is 6. The normalized spacial score (nSPS) is 12.6. The summed E-state index contributed by atoms with van der Waals surface area (Å²) in [5, 5.41) is 8.32. The zero-order valence-electron chi connectivity index (χ0n) is 11.7. The van der Waals surface area contributed by atoms with E-state index in [9.17, 15) is 4.39 Å². The van der Waals surface area contributed by atoms with E-state index in [4.69, 9.17) is 11.6 Å². The van der Waals surface area contributed by atoms with E-state index in [1.165, 1.54) is 12.1 Å². The highest BCUT2D eigenvalue weighted by Gasteiger charge is 2.19. The van der Waals surface area contributed by atoms with Crippen molar-refractivity contribution in [3.63, 3.8) is 0 Å². The highest BCUT2D eigenvalue weighted by molar-refractivity contribution is 6.31. The highest BCUT2D eigenvalue weighted by Crippen LogP contribution is 2.25. The van der Waals surface area contributed by atoms with Crippen LogP contribution >= 0.6 is 11.6 Å². The minimum atomic E-state index is -0.217. The molecule has 1 aromatic heterocycles. The quantitative estimate of drug-likeness (QED) is 0.884. The van der Waals surface area contributed by atoms with E-state index < -0.39 is 0 Å². The number of aromatic nitrogens is 2. The number of benzene rings is 1. The average Bonchev–Trinajstić information content (AvgIpc) is 2.77. The Morgan fingerprint density at radius 2 is 2.05 bits per heavy atom. The van der Waals surface area contributed by atoms with Gasteiger partial charge in [0.05, 0.1) is 23.0 Å². The maximum absolute atomic E-state index is 13.0. The maximum atomic E-state index is 13.0. The fourth-order valence-electron chi connectivity index (χ4n) is 2.25. The molecule has 2 rings (SSSR count). The lowest BCUT2D eigenvalue weighted by Gasteiger charge is -2.19. The smallest absolute Gasteiger partial charge is 0.123 e. The molecule has 0 amide bonds. The number of hydrogen-bond donors (Lipinski definition) is 1. The first kappa shape index (κ1) is 15.0. The summed E-state index contributed by atoms with van der Waals surface area (Å²) in [5.41, 5.74) is 2.03. The molecule has 0 radical (unpaired) electrons. The van der Waals surface area contributed by atoms with Crippen molar-refractivity contribution in [2.45, 2.75) is 25.8 Å². The van der Waals surface area contributed by atoms with Gasteiger partial charge in [-0.3, -0.25) is 4.68 Å². The zero-order chi connectivity index (χ0) is 14.5. The first-order valence-electron chi connectivity index (χ1n) is 6.77. The third-order valence-corrected chi connectivity index (χ3v) is 3.55. The standard InChI is InChI=1S/C15H19ClFN3/c1-3-8-18-14(15-13(16)10-19-20(15)2)9-11-4-6-12(17)7-5-11/h4-7,10,14,18H,3,8-9H2,1-2H3. The number of halogens is 2. The number of nitrogens with one attached hydrogen (secondary N) is 1. The van der Waals surface area contributed by atoms with Crippen LogP contribution in [0.1, 0.15) is 30.6 Å². The van der Waals surface area contributed by atoms with Crippen LogP contribution in [0.25, 0.3) is 0 Å². The Labute approximate surface area is 123 Å². The van der Waals surface area contributed by atoms with Crippen LogP contribution in [0, 0.1) is 5.82 Å². The molecule has 0 spiro atoms. The van der Waals surface area contributed by atoms with Crippen molar-refractivity contribution in [2.75, 3.05) is 6.54 Å². The summed E-state index contributed by atoms with van der Waals surface area (Å²) in [6, 6.07) is 6.65. The fraction of sp³-hybridized carbons (Fsp3) is 0.400. The van der Waals surface area contributed by atoms with E-state index in [1.807, 2.05) is 7.05 Å². The molecular formula is C15H19ClFN3. The molecule has 0 aliphatic carbocycles. The largest absolute Gasteiger partial charge is 0.308 e. The molecule has 0 aliphatic heterocycles. The van der Waals surface area contributed by atoms with E-state index >= 15 is 0 Å². The fourth-order valence-corrected chi connectivity index (χ4v) is 2.55. The first-order chi connectivity index (χ1) is 9.61. The Bertz CT molecular complexity index is 531. The minimum absolute atomic E-state index is 0.0698. The van der Waals surface area contributed by atoms with Crippen molar-refractivity contribution in [1.82, 2.24) is 15.1 Å².